The second-order valence-corrected chi connectivity index (χ2v) is 10.3. The molecule has 2 unspecified atom stereocenters. The van der Waals surface area contributed by atoms with E-state index in [0.29, 0.717) is 12.2 Å². The van der Waals surface area contributed by atoms with Crippen LogP contribution < -0.4 is 4.74 Å². The summed E-state index contributed by atoms with van der Waals surface area (Å²) in [7, 11) is 0. The Kier molecular flexibility index (Phi) is 7.87. The van der Waals surface area contributed by atoms with Crippen LogP contribution in [0.25, 0.3) is 0 Å². The summed E-state index contributed by atoms with van der Waals surface area (Å²) >= 11 is 0. The van der Waals surface area contributed by atoms with E-state index in [1.54, 1.807) is 6.92 Å². The molecule has 1 fully saturated rings. The number of hydrogen-bond acceptors (Lipinski definition) is 5. The van der Waals surface area contributed by atoms with Gasteiger partial charge < -0.3 is 14.2 Å². The summed E-state index contributed by atoms with van der Waals surface area (Å²) in [5.41, 5.74) is 4.26. The Labute approximate surface area is 235 Å². The highest BCUT2D eigenvalue weighted by Gasteiger charge is 2.56. The summed E-state index contributed by atoms with van der Waals surface area (Å²) in [6.45, 7) is 6.29. The van der Waals surface area contributed by atoms with E-state index in [-0.39, 0.29) is 13.0 Å². The first-order valence-corrected chi connectivity index (χ1v) is 13.4. The molecular weight excluding hydrogens is 502 g/mol. The summed E-state index contributed by atoms with van der Waals surface area (Å²) in [6.07, 6.45) is -1.23. The van der Waals surface area contributed by atoms with Crippen LogP contribution in [-0.4, -0.2) is 22.5 Å². The maximum atomic E-state index is 13.6. The first-order valence-electron chi connectivity index (χ1n) is 13.4. The molecule has 1 amide bonds. The van der Waals surface area contributed by atoms with Gasteiger partial charge in [0.1, 0.15) is 24.5 Å². The third-order valence-electron chi connectivity index (χ3n) is 7.35. The molecule has 0 bridgehead atoms. The summed E-state index contributed by atoms with van der Waals surface area (Å²) in [5.74, 6) is 0.282. The van der Waals surface area contributed by atoms with Gasteiger partial charge in [-0.1, -0.05) is 91.0 Å². The van der Waals surface area contributed by atoms with Gasteiger partial charge in [-0.3, -0.25) is 4.90 Å². The second kappa shape index (κ2) is 11.7. The Balaban J connectivity index is 1.42. The number of nitrogens with zero attached hydrogens (tertiary/aromatic N) is 1. The number of rotatable bonds is 8. The second-order valence-electron chi connectivity index (χ2n) is 10.3. The van der Waals surface area contributed by atoms with Crippen molar-refractivity contribution in [2.45, 2.75) is 52.2 Å². The predicted molar refractivity (Wildman–Crippen MR) is 153 cm³/mol. The van der Waals surface area contributed by atoms with Crippen LogP contribution >= 0.6 is 0 Å². The van der Waals surface area contributed by atoms with Crippen molar-refractivity contribution < 1.29 is 23.8 Å². The van der Waals surface area contributed by atoms with Crippen molar-refractivity contribution in [2.24, 2.45) is 0 Å². The van der Waals surface area contributed by atoms with Crippen LogP contribution in [0, 0.1) is 13.8 Å². The van der Waals surface area contributed by atoms with Crippen LogP contribution in [0.15, 0.2) is 103 Å². The maximum absolute atomic E-state index is 13.6. The number of cyclic esters (lactones) is 1. The zero-order chi connectivity index (χ0) is 28.1. The van der Waals surface area contributed by atoms with E-state index in [0.717, 1.165) is 33.6 Å². The number of carbonyl (C=O) groups is 2. The van der Waals surface area contributed by atoms with Crippen LogP contribution in [-0.2, 0) is 33.9 Å². The molecule has 4 aromatic rings. The lowest BCUT2D eigenvalue weighted by Crippen LogP contribution is -2.51. The molecule has 204 valence electrons. The molecule has 4 aromatic carbocycles. The molecule has 0 aliphatic carbocycles. The monoisotopic (exact) mass is 535 g/mol. The van der Waals surface area contributed by atoms with Crippen molar-refractivity contribution in [1.82, 2.24) is 4.90 Å². The number of aryl methyl sites for hydroxylation is 2. The third-order valence-corrected chi connectivity index (χ3v) is 7.35. The van der Waals surface area contributed by atoms with Gasteiger partial charge in [-0.05, 0) is 60.7 Å². The SMILES string of the molecule is Cc1cc(OCc2ccccc2)cc(C)c1CC1(C)C(=O)OC(c2ccccc2)N1C(=O)OCc1ccccc1. The Morgan fingerprint density at radius 1 is 0.825 bits per heavy atom. The molecule has 0 spiro atoms. The minimum absolute atomic E-state index is 0.0907. The van der Waals surface area contributed by atoms with Gasteiger partial charge in [-0.15, -0.1) is 0 Å². The molecule has 1 aliphatic heterocycles. The van der Waals surface area contributed by atoms with Gasteiger partial charge in [0.2, 0.25) is 6.23 Å². The fraction of sp³-hybridized carbons (Fsp3) is 0.235. The molecule has 6 heteroatoms. The molecule has 0 aromatic heterocycles. The molecular formula is C34H33NO5. The smallest absolute Gasteiger partial charge is 0.414 e. The van der Waals surface area contributed by atoms with E-state index < -0.39 is 23.8 Å². The molecule has 1 saturated heterocycles. The van der Waals surface area contributed by atoms with E-state index in [1.807, 2.05) is 117 Å². The molecule has 40 heavy (non-hydrogen) atoms. The highest BCUT2D eigenvalue weighted by Crippen LogP contribution is 2.42. The van der Waals surface area contributed by atoms with Crippen LogP contribution in [0.2, 0.25) is 0 Å². The van der Waals surface area contributed by atoms with E-state index >= 15 is 0 Å². The summed E-state index contributed by atoms with van der Waals surface area (Å²) in [4.78, 5) is 28.6. The number of esters is 1. The zero-order valence-electron chi connectivity index (χ0n) is 23.0. The largest absolute Gasteiger partial charge is 0.489 e. The fourth-order valence-electron chi connectivity index (χ4n) is 5.12. The van der Waals surface area contributed by atoms with Crippen molar-refractivity contribution in [3.63, 3.8) is 0 Å². The molecule has 1 aliphatic rings. The standard InChI is InChI=1S/C34H33NO5/c1-24-19-29(38-22-26-13-7-4-8-14-26)20-25(2)30(24)21-34(3)32(36)40-31(28-17-11-6-12-18-28)35(34)33(37)39-23-27-15-9-5-10-16-27/h4-20,31H,21-23H2,1-3H3. The lowest BCUT2D eigenvalue weighted by Gasteiger charge is -2.33. The van der Waals surface area contributed by atoms with Gasteiger partial charge in [0.25, 0.3) is 0 Å². The van der Waals surface area contributed by atoms with Crippen molar-refractivity contribution in [1.29, 1.82) is 0 Å². The Morgan fingerprint density at radius 2 is 1.35 bits per heavy atom. The zero-order valence-corrected chi connectivity index (χ0v) is 23.0. The van der Waals surface area contributed by atoms with Crippen LogP contribution in [0.5, 0.6) is 5.75 Å². The average Bonchev–Trinajstić information content (AvgIpc) is 3.24. The average molecular weight is 536 g/mol. The normalized spacial score (nSPS) is 18.3. The number of ether oxygens (including phenoxy) is 3. The molecule has 1 heterocycles. The Morgan fingerprint density at radius 3 is 1.93 bits per heavy atom. The van der Waals surface area contributed by atoms with Crippen molar-refractivity contribution in [2.75, 3.05) is 0 Å². The van der Waals surface area contributed by atoms with Gasteiger partial charge >= 0.3 is 12.1 Å². The quantitative estimate of drug-likeness (QED) is 0.226. The van der Waals surface area contributed by atoms with E-state index in [4.69, 9.17) is 14.2 Å². The molecule has 2 atom stereocenters. The van der Waals surface area contributed by atoms with Crippen molar-refractivity contribution >= 4 is 12.1 Å². The van der Waals surface area contributed by atoms with Gasteiger partial charge in [0, 0.05) is 12.0 Å². The number of amides is 1. The lowest BCUT2D eigenvalue weighted by atomic mass is 9.87. The third kappa shape index (κ3) is 5.71. The first-order chi connectivity index (χ1) is 19.3. The van der Waals surface area contributed by atoms with Crippen LogP contribution in [0.1, 0.15) is 46.5 Å². The van der Waals surface area contributed by atoms with Gasteiger partial charge in [-0.25, -0.2) is 9.59 Å². The molecule has 6 nitrogen and oxygen atoms in total. The Bertz CT molecular complexity index is 1450. The van der Waals surface area contributed by atoms with Crippen molar-refractivity contribution in [3.05, 3.63) is 137 Å². The highest BCUT2D eigenvalue weighted by molar-refractivity contribution is 5.89. The van der Waals surface area contributed by atoms with Gasteiger partial charge in [-0.2, -0.15) is 0 Å². The molecule has 0 saturated carbocycles. The summed E-state index contributed by atoms with van der Waals surface area (Å²) < 4.78 is 17.7. The van der Waals surface area contributed by atoms with E-state index in [2.05, 4.69) is 0 Å². The first kappa shape index (κ1) is 27.0. The number of carbonyl (C=O) groups excluding carboxylic acids is 2. The lowest BCUT2D eigenvalue weighted by molar-refractivity contribution is -0.145. The van der Waals surface area contributed by atoms with Crippen LogP contribution in [0.4, 0.5) is 4.79 Å². The van der Waals surface area contributed by atoms with Crippen LogP contribution in [0.3, 0.4) is 0 Å². The highest BCUT2D eigenvalue weighted by atomic mass is 16.6. The molecule has 0 N–H and O–H groups in total. The van der Waals surface area contributed by atoms with Crippen molar-refractivity contribution in [3.8, 4) is 5.75 Å². The van der Waals surface area contributed by atoms with Gasteiger partial charge in [0.15, 0.2) is 0 Å². The number of hydrogen-bond donors (Lipinski definition) is 0. The van der Waals surface area contributed by atoms with Gasteiger partial charge in [0.05, 0.1) is 0 Å². The number of benzene rings is 4. The molecule has 0 radical (unpaired) electrons. The Hall–Kier alpha value is -4.58. The van der Waals surface area contributed by atoms with E-state index in [1.165, 1.54) is 4.90 Å². The fourth-order valence-corrected chi connectivity index (χ4v) is 5.12. The predicted octanol–water partition coefficient (Wildman–Crippen LogP) is 7.08. The maximum Gasteiger partial charge on any atom is 0.414 e. The summed E-state index contributed by atoms with van der Waals surface area (Å²) in [5, 5.41) is 0. The minimum Gasteiger partial charge on any atom is -0.489 e. The molecule has 5 rings (SSSR count). The summed E-state index contributed by atoms with van der Waals surface area (Å²) in [6, 6.07) is 32.7. The minimum atomic E-state index is -1.28. The van der Waals surface area contributed by atoms with E-state index in [9.17, 15) is 9.59 Å². The topological polar surface area (TPSA) is 65.1 Å².